The van der Waals surface area contributed by atoms with Crippen LogP contribution in [0.2, 0.25) is 0 Å². The summed E-state index contributed by atoms with van der Waals surface area (Å²) >= 11 is 0. The molecule has 0 amide bonds. The van der Waals surface area contributed by atoms with Crippen LogP contribution in [-0.2, 0) is 19.5 Å². The molecule has 0 aliphatic rings. The molecular formula is C42H57N3O2. The third-order valence-electron chi connectivity index (χ3n) is 7.75. The lowest BCUT2D eigenvalue weighted by molar-refractivity contribution is 0.109. The van der Waals surface area contributed by atoms with Crippen LogP contribution in [0.4, 0.5) is 0 Å². The fourth-order valence-electron chi connectivity index (χ4n) is 4.97. The fourth-order valence-corrected chi connectivity index (χ4v) is 4.97. The largest absolute Gasteiger partial charge is 0.389 e. The Kier molecular flexibility index (Phi) is 19.6. The van der Waals surface area contributed by atoms with Gasteiger partial charge in [0.15, 0.2) is 0 Å². The highest BCUT2D eigenvalue weighted by atomic mass is 16.3. The molecule has 5 N–H and O–H groups in total. The smallest absolute Gasteiger partial charge is 0.0917 e. The summed E-state index contributed by atoms with van der Waals surface area (Å²) in [6.07, 6.45) is 3.63. The first-order chi connectivity index (χ1) is 22.9. The Morgan fingerprint density at radius 3 is 1.96 bits per heavy atom. The van der Waals surface area contributed by atoms with E-state index in [2.05, 4.69) is 84.0 Å². The van der Waals surface area contributed by atoms with Crippen molar-refractivity contribution < 1.29 is 10.2 Å². The summed E-state index contributed by atoms with van der Waals surface area (Å²) in [6, 6.07) is 39.3. The van der Waals surface area contributed by atoms with E-state index in [-0.39, 0.29) is 12.1 Å². The van der Waals surface area contributed by atoms with Gasteiger partial charge < -0.3 is 21.3 Å². The van der Waals surface area contributed by atoms with Crippen LogP contribution >= 0.6 is 0 Å². The maximum absolute atomic E-state index is 10.9. The van der Waals surface area contributed by atoms with Gasteiger partial charge in [-0.25, -0.2) is 0 Å². The molecule has 0 saturated heterocycles. The van der Waals surface area contributed by atoms with Crippen LogP contribution < -0.4 is 11.1 Å². The number of allylic oxidation sites excluding steroid dienone is 1. The quantitative estimate of drug-likeness (QED) is 0.0881. The van der Waals surface area contributed by atoms with Gasteiger partial charge in [-0.3, -0.25) is 4.90 Å². The van der Waals surface area contributed by atoms with Crippen molar-refractivity contribution >= 4 is 0 Å². The maximum atomic E-state index is 10.9. The van der Waals surface area contributed by atoms with Crippen molar-refractivity contribution in [1.29, 1.82) is 0 Å². The van der Waals surface area contributed by atoms with Gasteiger partial charge >= 0.3 is 0 Å². The molecule has 0 bridgehead atoms. The number of rotatable bonds is 17. The van der Waals surface area contributed by atoms with Gasteiger partial charge in [-0.15, -0.1) is 6.58 Å². The van der Waals surface area contributed by atoms with Crippen LogP contribution in [0, 0.1) is 0 Å². The molecular weight excluding hydrogens is 578 g/mol. The van der Waals surface area contributed by atoms with Crippen LogP contribution in [0.3, 0.4) is 0 Å². The predicted octanol–water partition coefficient (Wildman–Crippen LogP) is 8.17. The third kappa shape index (κ3) is 16.0. The molecule has 0 saturated carbocycles. The lowest BCUT2D eigenvalue weighted by Gasteiger charge is -2.26. The number of benzene rings is 4. The van der Waals surface area contributed by atoms with Crippen LogP contribution in [0.15, 0.2) is 140 Å². The second-order valence-electron chi connectivity index (χ2n) is 11.5. The average molecular weight is 636 g/mol. The van der Waals surface area contributed by atoms with Crippen molar-refractivity contribution in [1.82, 2.24) is 10.2 Å². The molecule has 5 heteroatoms. The van der Waals surface area contributed by atoms with E-state index in [4.69, 9.17) is 10.8 Å². The Bertz CT molecular complexity index is 1380. The third-order valence-corrected chi connectivity index (χ3v) is 7.75. The standard InChI is InChI=1S/C32H37N3O.C8H14O.C2H6/c33-31(29-15-6-2-7-16-29)23-34-22-27-13-10-14-28(21-27)24-35(20-19-26-11-4-1-5-12-26)25-32(36)30-17-8-3-9-18-30;1-4-5-6-7(2)8(3)9;1-2/h1-18,21,31-32,34,36H,19-20,22-25,33H2;4,8-9H,1-2,5-6H2,3H3;1-2H3/t31-,32?;8-;/m00./s1. The molecule has 0 spiro atoms. The second-order valence-corrected chi connectivity index (χ2v) is 11.5. The summed E-state index contributed by atoms with van der Waals surface area (Å²) in [5, 5.41) is 23.3. The van der Waals surface area contributed by atoms with Crippen molar-refractivity contribution in [2.45, 2.75) is 71.4 Å². The van der Waals surface area contributed by atoms with E-state index in [0.29, 0.717) is 6.54 Å². The molecule has 1 unspecified atom stereocenters. The second kappa shape index (κ2) is 23.5. The van der Waals surface area contributed by atoms with E-state index in [9.17, 15) is 5.11 Å². The van der Waals surface area contributed by atoms with Gasteiger partial charge in [-0.1, -0.05) is 142 Å². The minimum atomic E-state index is -0.522. The predicted molar refractivity (Wildman–Crippen MR) is 200 cm³/mol. The molecule has 47 heavy (non-hydrogen) atoms. The lowest BCUT2D eigenvalue weighted by Crippen LogP contribution is -2.30. The Morgan fingerprint density at radius 2 is 1.36 bits per heavy atom. The number of aliphatic hydroxyl groups is 2. The van der Waals surface area contributed by atoms with Gasteiger partial charge in [0, 0.05) is 38.8 Å². The highest BCUT2D eigenvalue weighted by molar-refractivity contribution is 5.25. The minimum absolute atomic E-state index is 0.0256. The minimum Gasteiger partial charge on any atom is -0.389 e. The van der Waals surface area contributed by atoms with Crippen LogP contribution in [0.5, 0.6) is 0 Å². The zero-order valence-electron chi connectivity index (χ0n) is 28.8. The molecule has 5 nitrogen and oxygen atoms in total. The van der Waals surface area contributed by atoms with Crippen molar-refractivity contribution in [2.24, 2.45) is 5.73 Å². The lowest BCUT2D eigenvalue weighted by atomic mass is 10.1. The van der Waals surface area contributed by atoms with E-state index in [0.717, 1.165) is 62.1 Å². The molecule has 252 valence electrons. The summed E-state index contributed by atoms with van der Waals surface area (Å²) in [5.74, 6) is 0. The first-order valence-corrected chi connectivity index (χ1v) is 16.9. The van der Waals surface area contributed by atoms with Gasteiger partial charge in [-0.2, -0.15) is 0 Å². The Morgan fingerprint density at radius 1 is 0.809 bits per heavy atom. The molecule has 0 aromatic heterocycles. The fraction of sp³-hybridized carbons (Fsp3) is 0.333. The molecule has 0 aliphatic carbocycles. The normalized spacial score (nSPS) is 12.5. The van der Waals surface area contributed by atoms with Crippen LogP contribution in [0.1, 0.15) is 73.6 Å². The van der Waals surface area contributed by atoms with E-state index in [1.54, 1.807) is 6.92 Å². The number of aliphatic hydroxyl groups excluding tert-OH is 2. The molecule has 4 rings (SSSR count). The number of nitrogens with zero attached hydrogens (tertiary/aromatic N) is 1. The molecule has 0 fully saturated rings. The topological polar surface area (TPSA) is 81.8 Å². The van der Waals surface area contributed by atoms with E-state index >= 15 is 0 Å². The summed E-state index contributed by atoms with van der Waals surface area (Å²) < 4.78 is 0. The monoisotopic (exact) mass is 635 g/mol. The van der Waals surface area contributed by atoms with Crippen LogP contribution in [-0.4, -0.2) is 40.9 Å². The molecule has 0 aliphatic heterocycles. The van der Waals surface area contributed by atoms with Crippen molar-refractivity contribution in [3.8, 4) is 0 Å². The first-order valence-electron chi connectivity index (χ1n) is 16.9. The Labute approximate surface area is 284 Å². The maximum Gasteiger partial charge on any atom is 0.0917 e. The summed E-state index contributed by atoms with van der Waals surface area (Å²) in [4.78, 5) is 2.35. The first kappa shape index (κ1) is 39.3. The molecule has 4 aromatic rings. The average Bonchev–Trinajstić information content (AvgIpc) is 3.12. The highest BCUT2D eigenvalue weighted by Crippen LogP contribution is 2.17. The summed E-state index contributed by atoms with van der Waals surface area (Å²) in [6.45, 7) is 16.7. The van der Waals surface area contributed by atoms with Gasteiger partial charge in [0.25, 0.3) is 0 Å². The highest BCUT2D eigenvalue weighted by Gasteiger charge is 2.15. The van der Waals surface area contributed by atoms with Crippen molar-refractivity contribution in [3.63, 3.8) is 0 Å². The van der Waals surface area contributed by atoms with E-state index in [1.807, 2.05) is 74.5 Å². The zero-order valence-corrected chi connectivity index (χ0v) is 28.8. The molecule has 4 aromatic carbocycles. The molecule has 3 atom stereocenters. The van der Waals surface area contributed by atoms with Gasteiger partial charge in [0.05, 0.1) is 12.2 Å². The van der Waals surface area contributed by atoms with Crippen LogP contribution in [0.25, 0.3) is 0 Å². The van der Waals surface area contributed by atoms with E-state index < -0.39 is 6.10 Å². The van der Waals surface area contributed by atoms with Gasteiger partial charge in [-0.05, 0) is 59.6 Å². The van der Waals surface area contributed by atoms with Crippen molar-refractivity contribution in [2.75, 3.05) is 19.6 Å². The zero-order chi connectivity index (χ0) is 34.3. The number of hydrogen-bond acceptors (Lipinski definition) is 5. The SMILES string of the molecule is C=CCCC(=C)[C@H](C)O.CC.N[C@@H](CNCc1cccc(CN(CCc2ccccc2)CC(O)c2ccccc2)c1)c1ccccc1. The molecule has 0 heterocycles. The number of nitrogens with two attached hydrogens (primary N) is 1. The van der Waals surface area contributed by atoms with E-state index in [1.165, 1.54) is 16.7 Å². The number of hydrogen-bond donors (Lipinski definition) is 4. The van der Waals surface area contributed by atoms with Crippen molar-refractivity contribution in [3.05, 3.63) is 168 Å². The van der Waals surface area contributed by atoms with Gasteiger partial charge in [0.2, 0.25) is 0 Å². The van der Waals surface area contributed by atoms with Gasteiger partial charge in [0.1, 0.15) is 0 Å². The molecule has 0 radical (unpaired) electrons. The summed E-state index contributed by atoms with van der Waals surface area (Å²) in [5.41, 5.74) is 13.1. The number of nitrogens with one attached hydrogen (secondary N) is 1. The Balaban J connectivity index is 0.000000605. The summed E-state index contributed by atoms with van der Waals surface area (Å²) in [7, 11) is 0. The Hall–Kier alpha value is -3.84.